The first kappa shape index (κ1) is 21.0. The summed E-state index contributed by atoms with van der Waals surface area (Å²) in [5.74, 6) is 1.10. The smallest absolute Gasteiger partial charge is 0.261 e. The summed E-state index contributed by atoms with van der Waals surface area (Å²) in [5.41, 5.74) is 1.09. The quantitative estimate of drug-likeness (QED) is 0.746. The fourth-order valence-electron chi connectivity index (χ4n) is 3.20. The topological polar surface area (TPSA) is 84.9 Å². The zero-order valence-electron chi connectivity index (χ0n) is 16.7. The van der Waals surface area contributed by atoms with Crippen molar-refractivity contribution in [1.82, 2.24) is 4.90 Å². The second-order valence-electron chi connectivity index (χ2n) is 6.99. The maximum absolute atomic E-state index is 12.6. The molecule has 1 fully saturated rings. The minimum atomic E-state index is -3.74. The van der Waals surface area contributed by atoms with Gasteiger partial charge < -0.3 is 14.4 Å². The van der Waals surface area contributed by atoms with Crippen molar-refractivity contribution in [2.45, 2.75) is 31.1 Å². The van der Waals surface area contributed by atoms with Crippen LogP contribution < -0.4 is 14.2 Å². The third-order valence-corrected chi connectivity index (χ3v) is 6.24. The average molecular weight is 419 g/mol. The minimum absolute atomic E-state index is 0.0398. The lowest BCUT2D eigenvalue weighted by molar-refractivity contribution is -0.134. The molecule has 7 nitrogen and oxygen atoms in total. The molecule has 0 bridgehead atoms. The highest BCUT2D eigenvalue weighted by Gasteiger charge is 2.19. The Morgan fingerprint density at radius 3 is 2.38 bits per heavy atom. The number of piperidine rings is 1. The van der Waals surface area contributed by atoms with Crippen molar-refractivity contribution in [1.29, 1.82) is 0 Å². The van der Waals surface area contributed by atoms with Crippen LogP contribution in [0.2, 0.25) is 0 Å². The number of sulfonamides is 1. The highest BCUT2D eigenvalue weighted by Crippen LogP contribution is 2.24. The molecule has 1 saturated heterocycles. The first-order chi connectivity index (χ1) is 13.9. The fraction of sp³-hybridized carbons (Fsp3) is 0.381. The van der Waals surface area contributed by atoms with E-state index < -0.39 is 10.0 Å². The number of hydrogen-bond donors (Lipinski definition) is 1. The minimum Gasteiger partial charge on any atom is -0.497 e. The number of anilines is 1. The second-order valence-corrected chi connectivity index (χ2v) is 8.67. The van der Waals surface area contributed by atoms with Gasteiger partial charge in [0.05, 0.1) is 12.0 Å². The summed E-state index contributed by atoms with van der Waals surface area (Å²) in [7, 11) is -2.19. The Balaban J connectivity index is 1.65. The van der Waals surface area contributed by atoms with Crippen molar-refractivity contribution >= 4 is 21.6 Å². The van der Waals surface area contributed by atoms with Gasteiger partial charge in [-0.25, -0.2) is 8.42 Å². The van der Waals surface area contributed by atoms with Gasteiger partial charge >= 0.3 is 0 Å². The first-order valence-electron chi connectivity index (χ1n) is 9.57. The van der Waals surface area contributed by atoms with Crippen LogP contribution in [0.25, 0.3) is 0 Å². The van der Waals surface area contributed by atoms with Gasteiger partial charge in [-0.05, 0) is 74.2 Å². The monoisotopic (exact) mass is 418 g/mol. The van der Waals surface area contributed by atoms with E-state index >= 15 is 0 Å². The van der Waals surface area contributed by atoms with Crippen molar-refractivity contribution in [3.63, 3.8) is 0 Å². The van der Waals surface area contributed by atoms with E-state index in [0.29, 0.717) is 22.7 Å². The molecular weight excluding hydrogens is 392 g/mol. The van der Waals surface area contributed by atoms with Crippen LogP contribution in [0.3, 0.4) is 0 Å². The molecule has 0 aliphatic carbocycles. The van der Waals surface area contributed by atoms with Crippen molar-refractivity contribution in [2.75, 3.05) is 31.5 Å². The maximum atomic E-state index is 12.6. The Labute approximate surface area is 171 Å². The number of ether oxygens (including phenoxy) is 2. The Kier molecular flexibility index (Phi) is 6.64. The predicted molar refractivity (Wildman–Crippen MR) is 111 cm³/mol. The first-order valence-corrected chi connectivity index (χ1v) is 11.1. The molecule has 156 valence electrons. The molecule has 2 aromatic carbocycles. The standard InChI is InChI=1S/C21H26N2O5S/c1-16-14-19(29(25,26)22-17-6-8-18(27-2)9-7-17)10-11-20(16)28-15-21(24)23-12-4-3-5-13-23/h6-11,14,22H,3-5,12-13,15H2,1-2H3. The van der Waals surface area contributed by atoms with Crippen LogP contribution in [0.1, 0.15) is 24.8 Å². The third kappa shape index (κ3) is 5.41. The van der Waals surface area contributed by atoms with E-state index in [1.54, 1.807) is 44.4 Å². The van der Waals surface area contributed by atoms with Crippen LogP contribution in [-0.4, -0.2) is 46.0 Å². The summed E-state index contributed by atoms with van der Waals surface area (Å²) in [6.45, 7) is 3.26. The number of likely N-dealkylation sites (tertiary alicyclic amines) is 1. The van der Waals surface area contributed by atoms with E-state index in [-0.39, 0.29) is 17.4 Å². The van der Waals surface area contributed by atoms with Gasteiger partial charge in [0.1, 0.15) is 11.5 Å². The van der Waals surface area contributed by atoms with Crippen LogP contribution in [0.4, 0.5) is 5.69 Å². The van der Waals surface area contributed by atoms with E-state index in [9.17, 15) is 13.2 Å². The molecule has 0 spiro atoms. The molecule has 0 radical (unpaired) electrons. The molecule has 1 N–H and O–H groups in total. The van der Waals surface area contributed by atoms with Gasteiger partial charge in [0.2, 0.25) is 0 Å². The number of benzene rings is 2. The summed E-state index contributed by atoms with van der Waals surface area (Å²) in [6, 6.07) is 11.2. The van der Waals surface area contributed by atoms with Gasteiger partial charge in [0.25, 0.3) is 15.9 Å². The molecule has 29 heavy (non-hydrogen) atoms. The highest BCUT2D eigenvalue weighted by atomic mass is 32.2. The SMILES string of the molecule is COc1ccc(NS(=O)(=O)c2ccc(OCC(=O)N3CCCCC3)c(C)c2)cc1. The summed E-state index contributed by atoms with van der Waals surface area (Å²) in [4.78, 5) is 14.2. The molecule has 0 aromatic heterocycles. The number of carbonyl (C=O) groups excluding carboxylic acids is 1. The Bertz CT molecular complexity index is 952. The van der Waals surface area contributed by atoms with Crippen molar-refractivity contribution < 1.29 is 22.7 Å². The molecule has 8 heteroatoms. The average Bonchev–Trinajstić information content (AvgIpc) is 2.73. The van der Waals surface area contributed by atoms with Gasteiger partial charge in [-0.1, -0.05) is 0 Å². The Morgan fingerprint density at radius 2 is 1.76 bits per heavy atom. The largest absolute Gasteiger partial charge is 0.497 e. The molecule has 0 unspecified atom stereocenters. The number of rotatable bonds is 7. The number of amides is 1. The zero-order valence-corrected chi connectivity index (χ0v) is 17.5. The van der Waals surface area contributed by atoms with Crippen molar-refractivity contribution in [3.05, 3.63) is 48.0 Å². The normalized spacial score (nSPS) is 14.3. The summed E-state index contributed by atoms with van der Waals surface area (Å²) >= 11 is 0. The van der Waals surface area contributed by atoms with E-state index in [1.165, 1.54) is 12.1 Å². The molecule has 1 aliphatic rings. The molecular formula is C21H26N2O5S. The third-order valence-electron chi connectivity index (χ3n) is 4.86. The van der Waals surface area contributed by atoms with E-state index in [1.807, 2.05) is 4.90 Å². The second kappa shape index (κ2) is 9.17. The van der Waals surface area contributed by atoms with Gasteiger partial charge in [-0.15, -0.1) is 0 Å². The number of aryl methyl sites for hydroxylation is 1. The molecule has 0 saturated carbocycles. The number of nitrogens with zero attached hydrogens (tertiary/aromatic N) is 1. The van der Waals surface area contributed by atoms with Gasteiger partial charge in [-0.3, -0.25) is 9.52 Å². The molecule has 1 heterocycles. The van der Waals surface area contributed by atoms with Crippen molar-refractivity contribution in [2.24, 2.45) is 0 Å². The predicted octanol–water partition coefficient (Wildman–Crippen LogP) is 3.20. The van der Waals surface area contributed by atoms with Crippen LogP contribution in [0.5, 0.6) is 11.5 Å². The molecule has 0 atom stereocenters. The molecule has 2 aromatic rings. The zero-order chi connectivity index (χ0) is 20.9. The number of nitrogens with one attached hydrogen (secondary N) is 1. The Hall–Kier alpha value is -2.74. The van der Waals surface area contributed by atoms with Crippen LogP contribution >= 0.6 is 0 Å². The lowest BCUT2D eigenvalue weighted by Crippen LogP contribution is -2.38. The van der Waals surface area contributed by atoms with Gasteiger partial charge in [-0.2, -0.15) is 0 Å². The Morgan fingerprint density at radius 1 is 1.07 bits per heavy atom. The van der Waals surface area contributed by atoms with E-state index in [4.69, 9.17) is 9.47 Å². The number of methoxy groups -OCH3 is 1. The number of hydrogen-bond acceptors (Lipinski definition) is 5. The van der Waals surface area contributed by atoms with Gasteiger partial charge in [0, 0.05) is 18.8 Å². The maximum Gasteiger partial charge on any atom is 0.261 e. The molecule has 1 aliphatic heterocycles. The fourth-order valence-corrected chi connectivity index (χ4v) is 4.34. The van der Waals surface area contributed by atoms with Crippen LogP contribution in [0, 0.1) is 6.92 Å². The summed E-state index contributed by atoms with van der Waals surface area (Å²) < 4.78 is 38.6. The lowest BCUT2D eigenvalue weighted by atomic mass is 10.1. The van der Waals surface area contributed by atoms with Crippen molar-refractivity contribution in [3.8, 4) is 11.5 Å². The number of carbonyl (C=O) groups is 1. The summed E-state index contributed by atoms with van der Waals surface area (Å²) in [6.07, 6.45) is 3.21. The summed E-state index contributed by atoms with van der Waals surface area (Å²) in [5, 5.41) is 0. The van der Waals surface area contributed by atoms with E-state index in [0.717, 1.165) is 32.4 Å². The van der Waals surface area contributed by atoms with Crippen LogP contribution in [0.15, 0.2) is 47.4 Å². The lowest BCUT2D eigenvalue weighted by Gasteiger charge is -2.26. The van der Waals surface area contributed by atoms with E-state index in [2.05, 4.69) is 4.72 Å². The van der Waals surface area contributed by atoms with Crippen LogP contribution in [-0.2, 0) is 14.8 Å². The molecule has 3 rings (SSSR count). The molecule has 1 amide bonds. The van der Waals surface area contributed by atoms with Gasteiger partial charge in [0.15, 0.2) is 6.61 Å². The highest BCUT2D eigenvalue weighted by molar-refractivity contribution is 7.92.